The molecule has 19 heavy (non-hydrogen) atoms. The molecule has 0 saturated heterocycles. The van der Waals surface area contributed by atoms with E-state index in [1.807, 2.05) is 0 Å². The third-order valence-corrected chi connectivity index (χ3v) is 3.76. The summed E-state index contributed by atoms with van der Waals surface area (Å²) in [6.07, 6.45) is 4.33. The maximum Gasteiger partial charge on any atom is 0.124 e. The lowest BCUT2D eigenvalue weighted by molar-refractivity contribution is 0.109. The number of halogens is 1. The topological polar surface area (TPSA) is 47.3 Å². The van der Waals surface area contributed by atoms with Crippen LogP contribution in [0.15, 0.2) is 18.2 Å². The van der Waals surface area contributed by atoms with Crippen molar-refractivity contribution >= 4 is 0 Å². The molecule has 0 spiro atoms. The maximum atomic E-state index is 13.1. The number of benzene rings is 1. The van der Waals surface area contributed by atoms with Gasteiger partial charge in [-0.1, -0.05) is 12.5 Å². The molecular weight excluding hydrogens is 243 g/mol. The number of rotatable bonds is 6. The smallest absolute Gasteiger partial charge is 0.124 e. The third kappa shape index (κ3) is 3.52. The van der Waals surface area contributed by atoms with Crippen molar-refractivity contribution in [2.24, 2.45) is 0 Å². The summed E-state index contributed by atoms with van der Waals surface area (Å²) in [5.74, 6) is -0.370. The zero-order chi connectivity index (χ0) is 13.7. The number of aliphatic hydroxyl groups is 1. The van der Waals surface area contributed by atoms with Gasteiger partial charge in [0.05, 0.1) is 11.6 Å². The minimum absolute atomic E-state index is 0.178. The van der Waals surface area contributed by atoms with E-state index in [1.54, 1.807) is 6.07 Å². The third-order valence-electron chi connectivity index (χ3n) is 3.76. The molecule has 2 rings (SSSR count). The van der Waals surface area contributed by atoms with E-state index in [9.17, 15) is 4.39 Å². The van der Waals surface area contributed by atoms with E-state index in [0.29, 0.717) is 18.2 Å². The lowest BCUT2D eigenvalue weighted by atomic mass is 9.90. The first kappa shape index (κ1) is 14.0. The normalized spacial score (nSPS) is 15.3. The van der Waals surface area contributed by atoms with Gasteiger partial charge in [-0.2, -0.15) is 5.26 Å². The van der Waals surface area contributed by atoms with E-state index < -0.39 is 0 Å². The summed E-state index contributed by atoms with van der Waals surface area (Å²) in [4.78, 5) is 2.30. The Balaban J connectivity index is 2.09. The molecule has 1 aliphatic carbocycles. The SMILES string of the molecule is N#Cc1cc(F)ccc1CN(CCCO)C1CCC1. The van der Waals surface area contributed by atoms with Gasteiger partial charge in [-0.15, -0.1) is 0 Å². The summed E-state index contributed by atoms with van der Waals surface area (Å²) >= 11 is 0. The molecule has 0 aromatic heterocycles. The van der Waals surface area contributed by atoms with Crippen LogP contribution in [0.4, 0.5) is 4.39 Å². The Morgan fingerprint density at radius 2 is 2.21 bits per heavy atom. The van der Waals surface area contributed by atoms with Gasteiger partial charge in [0, 0.05) is 25.7 Å². The van der Waals surface area contributed by atoms with Crippen molar-refractivity contribution in [2.45, 2.75) is 38.3 Å². The van der Waals surface area contributed by atoms with Gasteiger partial charge < -0.3 is 5.11 Å². The minimum Gasteiger partial charge on any atom is -0.396 e. The maximum absolute atomic E-state index is 13.1. The van der Waals surface area contributed by atoms with Gasteiger partial charge in [0.1, 0.15) is 5.82 Å². The first-order chi connectivity index (χ1) is 9.24. The molecule has 1 aliphatic rings. The van der Waals surface area contributed by atoms with E-state index in [4.69, 9.17) is 10.4 Å². The fraction of sp³-hybridized carbons (Fsp3) is 0.533. The Kier molecular flexibility index (Phi) is 4.89. The highest BCUT2D eigenvalue weighted by molar-refractivity contribution is 5.37. The number of nitriles is 1. The summed E-state index contributed by atoms with van der Waals surface area (Å²) in [6.45, 7) is 1.66. The molecule has 4 heteroatoms. The number of hydrogen-bond acceptors (Lipinski definition) is 3. The summed E-state index contributed by atoms with van der Waals surface area (Å²) < 4.78 is 13.1. The lowest BCUT2D eigenvalue weighted by Gasteiger charge is -2.37. The first-order valence-corrected chi connectivity index (χ1v) is 6.78. The van der Waals surface area contributed by atoms with Crippen molar-refractivity contribution in [1.82, 2.24) is 4.90 Å². The second kappa shape index (κ2) is 6.65. The number of nitrogens with zero attached hydrogens (tertiary/aromatic N) is 2. The lowest BCUT2D eigenvalue weighted by Crippen LogP contribution is -2.40. The zero-order valence-corrected chi connectivity index (χ0v) is 11.0. The van der Waals surface area contributed by atoms with Gasteiger partial charge in [0.25, 0.3) is 0 Å². The van der Waals surface area contributed by atoms with E-state index in [2.05, 4.69) is 11.0 Å². The van der Waals surface area contributed by atoms with Crippen LogP contribution in [0.3, 0.4) is 0 Å². The van der Waals surface area contributed by atoms with Gasteiger partial charge >= 0.3 is 0 Å². The molecule has 102 valence electrons. The molecule has 3 nitrogen and oxygen atoms in total. The second-order valence-electron chi connectivity index (χ2n) is 5.05. The quantitative estimate of drug-likeness (QED) is 0.856. The molecule has 0 heterocycles. The van der Waals surface area contributed by atoms with Crippen LogP contribution in [0.2, 0.25) is 0 Å². The van der Waals surface area contributed by atoms with E-state index >= 15 is 0 Å². The summed E-state index contributed by atoms with van der Waals surface area (Å²) in [5, 5.41) is 18.0. The summed E-state index contributed by atoms with van der Waals surface area (Å²) in [7, 11) is 0. The Hall–Kier alpha value is -1.44. The average Bonchev–Trinajstić information content (AvgIpc) is 2.35. The monoisotopic (exact) mass is 262 g/mol. The minimum atomic E-state index is -0.370. The zero-order valence-electron chi connectivity index (χ0n) is 11.0. The van der Waals surface area contributed by atoms with E-state index in [1.165, 1.54) is 31.4 Å². The second-order valence-corrected chi connectivity index (χ2v) is 5.05. The molecule has 0 radical (unpaired) electrons. The predicted molar refractivity (Wildman–Crippen MR) is 70.9 cm³/mol. The number of aliphatic hydroxyl groups excluding tert-OH is 1. The molecule has 0 amide bonds. The molecule has 0 bridgehead atoms. The fourth-order valence-corrected chi connectivity index (χ4v) is 2.43. The van der Waals surface area contributed by atoms with Gasteiger partial charge in [0.15, 0.2) is 0 Å². The molecule has 0 aliphatic heterocycles. The van der Waals surface area contributed by atoms with E-state index in [-0.39, 0.29) is 12.4 Å². The van der Waals surface area contributed by atoms with Crippen molar-refractivity contribution < 1.29 is 9.50 Å². The highest BCUT2D eigenvalue weighted by Crippen LogP contribution is 2.27. The van der Waals surface area contributed by atoms with Crippen LogP contribution in [0.1, 0.15) is 36.8 Å². The van der Waals surface area contributed by atoms with Gasteiger partial charge in [-0.3, -0.25) is 4.90 Å². The standard InChI is InChI=1S/C15H19FN2O/c16-14-6-5-12(13(9-14)10-17)11-18(7-2-8-19)15-3-1-4-15/h5-6,9,15,19H,1-4,7-8,11H2. The predicted octanol–water partition coefficient (Wildman–Crippen LogP) is 2.43. The summed E-state index contributed by atoms with van der Waals surface area (Å²) in [5.41, 5.74) is 1.28. The van der Waals surface area contributed by atoms with Crippen molar-refractivity contribution in [3.05, 3.63) is 35.1 Å². The van der Waals surface area contributed by atoms with Crippen LogP contribution in [-0.2, 0) is 6.54 Å². The van der Waals surface area contributed by atoms with Crippen molar-refractivity contribution in [3.8, 4) is 6.07 Å². The fourth-order valence-electron chi connectivity index (χ4n) is 2.43. The van der Waals surface area contributed by atoms with Crippen molar-refractivity contribution in [1.29, 1.82) is 5.26 Å². The molecule has 1 fully saturated rings. The van der Waals surface area contributed by atoms with Crippen LogP contribution in [0, 0.1) is 17.1 Å². The molecule has 1 N–H and O–H groups in total. The average molecular weight is 262 g/mol. The van der Waals surface area contributed by atoms with Gasteiger partial charge in [-0.25, -0.2) is 4.39 Å². The molecule has 1 aromatic carbocycles. The van der Waals surface area contributed by atoms with E-state index in [0.717, 1.165) is 18.5 Å². The van der Waals surface area contributed by atoms with Crippen LogP contribution >= 0.6 is 0 Å². The molecular formula is C15H19FN2O. The first-order valence-electron chi connectivity index (χ1n) is 6.78. The van der Waals surface area contributed by atoms with Crippen molar-refractivity contribution in [3.63, 3.8) is 0 Å². The molecule has 0 unspecified atom stereocenters. The van der Waals surface area contributed by atoms with Crippen LogP contribution in [-0.4, -0.2) is 29.2 Å². The Morgan fingerprint density at radius 3 is 2.79 bits per heavy atom. The van der Waals surface area contributed by atoms with Crippen molar-refractivity contribution in [2.75, 3.05) is 13.2 Å². The largest absolute Gasteiger partial charge is 0.396 e. The Bertz CT molecular complexity index is 466. The molecule has 1 aromatic rings. The molecule has 1 saturated carbocycles. The molecule has 0 atom stereocenters. The van der Waals surface area contributed by atoms with Crippen LogP contribution in [0.5, 0.6) is 0 Å². The van der Waals surface area contributed by atoms with Crippen LogP contribution in [0.25, 0.3) is 0 Å². The van der Waals surface area contributed by atoms with Gasteiger partial charge in [-0.05, 0) is 37.0 Å². The Morgan fingerprint density at radius 1 is 1.42 bits per heavy atom. The summed E-state index contributed by atoms with van der Waals surface area (Å²) in [6, 6.07) is 6.99. The van der Waals surface area contributed by atoms with Gasteiger partial charge in [0.2, 0.25) is 0 Å². The Labute approximate surface area is 113 Å². The highest BCUT2D eigenvalue weighted by Gasteiger charge is 2.25. The highest BCUT2D eigenvalue weighted by atomic mass is 19.1. The number of hydrogen-bond donors (Lipinski definition) is 1. The van der Waals surface area contributed by atoms with Crippen LogP contribution < -0.4 is 0 Å².